The lowest BCUT2D eigenvalue weighted by Crippen LogP contribution is -2.23. The monoisotopic (exact) mass is 315 g/mol. The maximum atomic E-state index is 12.7. The molecule has 0 aliphatic heterocycles. The van der Waals surface area contributed by atoms with Crippen molar-refractivity contribution in [3.63, 3.8) is 0 Å². The summed E-state index contributed by atoms with van der Waals surface area (Å²) >= 11 is 0. The number of hydrogen-bond donors (Lipinski definition) is 1. The maximum Gasteiger partial charge on any atom is 0.342 e. The average molecular weight is 315 g/mol. The number of aromatic nitrogens is 1. The quantitative estimate of drug-likeness (QED) is 0.720. The van der Waals surface area contributed by atoms with Crippen LogP contribution in [0.3, 0.4) is 0 Å². The number of hydrogen-bond acceptors (Lipinski definition) is 7. The molecule has 3 rings (SSSR count). The highest BCUT2D eigenvalue weighted by Crippen LogP contribution is 2.33. The maximum absolute atomic E-state index is 12.7. The molecule has 0 radical (unpaired) electrons. The molecule has 2 aromatic heterocycles. The third kappa shape index (κ3) is 2.25. The third-order valence-electron chi connectivity index (χ3n) is 3.50. The van der Waals surface area contributed by atoms with Gasteiger partial charge in [0, 0.05) is 12.6 Å². The smallest absolute Gasteiger partial charge is 0.342 e. The van der Waals surface area contributed by atoms with Crippen LogP contribution >= 0.6 is 0 Å². The number of rotatable bonds is 4. The van der Waals surface area contributed by atoms with Crippen LogP contribution in [-0.2, 0) is 11.2 Å². The van der Waals surface area contributed by atoms with Crippen molar-refractivity contribution in [1.82, 2.24) is 4.98 Å². The molecule has 7 heteroatoms. The number of ether oxygens (including phenoxy) is 1. The van der Waals surface area contributed by atoms with Crippen LogP contribution in [0, 0.1) is 0 Å². The summed E-state index contributed by atoms with van der Waals surface area (Å²) in [7, 11) is 0. The van der Waals surface area contributed by atoms with Gasteiger partial charge in [0.15, 0.2) is 5.76 Å². The van der Waals surface area contributed by atoms with E-state index in [1.165, 1.54) is 12.3 Å². The predicted molar refractivity (Wildman–Crippen MR) is 76.6 cm³/mol. The molecular formula is C16H13NO6. The fraction of sp³-hybridized carbons (Fsp3) is 0.250. The van der Waals surface area contributed by atoms with E-state index < -0.39 is 17.5 Å². The number of nitrogens with zero attached hydrogens (tertiary/aromatic N) is 1. The molecule has 0 amide bonds. The molecule has 0 bridgehead atoms. The fourth-order valence-corrected chi connectivity index (χ4v) is 2.56. The minimum atomic E-state index is -0.763. The van der Waals surface area contributed by atoms with Gasteiger partial charge < -0.3 is 14.3 Å². The molecule has 1 N–H and O–H groups in total. The van der Waals surface area contributed by atoms with E-state index in [0.717, 1.165) is 0 Å². The highest BCUT2D eigenvalue weighted by atomic mass is 16.5. The van der Waals surface area contributed by atoms with E-state index >= 15 is 0 Å². The fourth-order valence-electron chi connectivity index (χ4n) is 2.56. The zero-order valence-corrected chi connectivity index (χ0v) is 12.3. The number of aliphatic hydroxyl groups is 1. The molecule has 0 spiro atoms. The summed E-state index contributed by atoms with van der Waals surface area (Å²) in [5.74, 6) is -1.99. The second-order valence-corrected chi connectivity index (χ2v) is 4.86. The molecule has 7 nitrogen and oxygen atoms in total. The Balaban J connectivity index is 2.24. The zero-order valence-electron chi connectivity index (χ0n) is 12.3. The summed E-state index contributed by atoms with van der Waals surface area (Å²) in [6.45, 7) is 1.43. The summed E-state index contributed by atoms with van der Waals surface area (Å²) < 4.78 is 10.4. The Morgan fingerprint density at radius 1 is 1.35 bits per heavy atom. The molecule has 2 heterocycles. The summed E-state index contributed by atoms with van der Waals surface area (Å²) in [6, 6.07) is 3.02. The van der Waals surface area contributed by atoms with Gasteiger partial charge in [-0.2, -0.15) is 0 Å². The molecule has 2 aromatic rings. The Morgan fingerprint density at radius 2 is 2.13 bits per heavy atom. The number of esters is 1. The standard InChI is InChI=1S/C16H13NO6/c1-2-22-16(21)10-9(5-7-18)23-15-11(10)14(20)12-8(13(15)19)4-3-6-17-12/h3-4,6,18H,2,5,7H2,1H3. The minimum Gasteiger partial charge on any atom is -0.462 e. The summed E-state index contributed by atoms with van der Waals surface area (Å²) in [5.41, 5.74) is -0.134. The first kappa shape index (κ1) is 15.1. The number of pyridine rings is 1. The van der Waals surface area contributed by atoms with Crippen LogP contribution in [-0.4, -0.2) is 40.8 Å². The van der Waals surface area contributed by atoms with E-state index in [-0.39, 0.29) is 53.5 Å². The number of aliphatic hydroxyl groups excluding tert-OH is 1. The van der Waals surface area contributed by atoms with Crippen molar-refractivity contribution in [3.05, 3.63) is 52.2 Å². The Hall–Kier alpha value is -2.80. The Bertz CT molecular complexity index is 820. The van der Waals surface area contributed by atoms with Crippen molar-refractivity contribution < 1.29 is 28.6 Å². The second kappa shape index (κ2) is 5.77. The molecule has 23 heavy (non-hydrogen) atoms. The van der Waals surface area contributed by atoms with Crippen molar-refractivity contribution in [2.24, 2.45) is 0 Å². The van der Waals surface area contributed by atoms with Crippen LogP contribution in [0.5, 0.6) is 0 Å². The third-order valence-corrected chi connectivity index (χ3v) is 3.50. The van der Waals surface area contributed by atoms with E-state index in [9.17, 15) is 14.4 Å². The SMILES string of the molecule is CCOC(=O)c1c(CCO)oc2c1C(=O)c1ncccc1C2=O. The van der Waals surface area contributed by atoms with Gasteiger partial charge in [0.1, 0.15) is 17.0 Å². The van der Waals surface area contributed by atoms with Crippen molar-refractivity contribution in [3.8, 4) is 0 Å². The minimum absolute atomic E-state index is 0.00845. The van der Waals surface area contributed by atoms with Crippen molar-refractivity contribution in [2.45, 2.75) is 13.3 Å². The van der Waals surface area contributed by atoms with Gasteiger partial charge in [-0.15, -0.1) is 0 Å². The first-order valence-electron chi connectivity index (χ1n) is 7.08. The van der Waals surface area contributed by atoms with Gasteiger partial charge in [0.05, 0.1) is 24.3 Å². The Labute approximate surface area is 130 Å². The summed E-state index contributed by atoms with van der Waals surface area (Å²) in [5, 5.41) is 9.13. The lowest BCUT2D eigenvalue weighted by Gasteiger charge is -2.12. The van der Waals surface area contributed by atoms with Gasteiger partial charge in [-0.1, -0.05) is 0 Å². The average Bonchev–Trinajstić information content (AvgIpc) is 2.93. The molecule has 0 aromatic carbocycles. The number of fused-ring (bicyclic) bond motifs is 2. The molecule has 1 aliphatic rings. The van der Waals surface area contributed by atoms with Crippen molar-refractivity contribution in [1.29, 1.82) is 0 Å². The van der Waals surface area contributed by atoms with Crippen LogP contribution in [0.4, 0.5) is 0 Å². The van der Waals surface area contributed by atoms with Crippen LogP contribution in [0.2, 0.25) is 0 Å². The molecule has 118 valence electrons. The van der Waals surface area contributed by atoms with Crippen molar-refractivity contribution in [2.75, 3.05) is 13.2 Å². The largest absolute Gasteiger partial charge is 0.462 e. The molecule has 0 unspecified atom stereocenters. The number of carbonyl (C=O) groups excluding carboxylic acids is 3. The first-order chi connectivity index (χ1) is 11.1. The molecule has 0 atom stereocenters. The number of carbonyl (C=O) groups is 3. The van der Waals surface area contributed by atoms with E-state index in [0.29, 0.717) is 0 Å². The first-order valence-corrected chi connectivity index (χ1v) is 7.08. The van der Waals surface area contributed by atoms with Crippen LogP contribution in [0.15, 0.2) is 22.7 Å². The Morgan fingerprint density at radius 3 is 2.83 bits per heavy atom. The number of furan rings is 1. The van der Waals surface area contributed by atoms with Gasteiger partial charge >= 0.3 is 5.97 Å². The molecular weight excluding hydrogens is 302 g/mol. The van der Waals surface area contributed by atoms with E-state index in [4.69, 9.17) is 14.3 Å². The molecule has 0 saturated carbocycles. The second-order valence-electron chi connectivity index (χ2n) is 4.86. The number of ketones is 2. The van der Waals surface area contributed by atoms with Crippen LogP contribution in [0.1, 0.15) is 55.2 Å². The van der Waals surface area contributed by atoms with Crippen molar-refractivity contribution >= 4 is 17.5 Å². The zero-order chi connectivity index (χ0) is 16.6. The summed E-state index contributed by atoms with van der Waals surface area (Å²) in [4.78, 5) is 41.3. The normalized spacial score (nSPS) is 12.8. The van der Waals surface area contributed by atoms with E-state index in [2.05, 4.69) is 4.98 Å². The predicted octanol–water partition coefficient (Wildman–Crippen LogP) is 1.16. The van der Waals surface area contributed by atoms with Gasteiger partial charge in [0.25, 0.3) is 0 Å². The molecule has 0 saturated heterocycles. The van der Waals surface area contributed by atoms with Gasteiger partial charge in [-0.25, -0.2) is 4.79 Å². The molecule has 0 fully saturated rings. The van der Waals surface area contributed by atoms with Crippen LogP contribution < -0.4 is 0 Å². The van der Waals surface area contributed by atoms with Gasteiger partial charge in [0.2, 0.25) is 11.6 Å². The highest BCUT2D eigenvalue weighted by Gasteiger charge is 2.40. The lowest BCUT2D eigenvalue weighted by molar-refractivity contribution is 0.0521. The van der Waals surface area contributed by atoms with Gasteiger partial charge in [-0.3, -0.25) is 14.6 Å². The highest BCUT2D eigenvalue weighted by molar-refractivity contribution is 6.29. The van der Waals surface area contributed by atoms with Gasteiger partial charge in [-0.05, 0) is 19.1 Å². The summed E-state index contributed by atoms with van der Waals surface area (Å²) in [6.07, 6.45) is 1.39. The van der Waals surface area contributed by atoms with Crippen LogP contribution in [0.25, 0.3) is 0 Å². The van der Waals surface area contributed by atoms with E-state index in [1.807, 2.05) is 0 Å². The lowest BCUT2D eigenvalue weighted by atomic mass is 9.89. The topological polar surface area (TPSA) is 107 Å². The van der Waals surface area contributed by atoms with E-state index in [1.54, 1.807) is 13.0 Å². The Kier molecular flexibility index (Phi) is 3.79. The molecule has 1 aliphatic carbocycles.